The first-order valence-corrected chi connectivity index (χ1v) is 7.61. The van der Waals surface area contributed by atoms with Crippen molar-refractivity contribution >= 4 is 0 Å². The normalized spacial score (nSPS) is 21.7. The van der Waals surface area contributed by atoms with Crippen LogP contribution in [0.25, 0.3) is 5.69 Å². The number of fused-ring (bicyclic) bond motifs is 1. The highest BCUT2D eigenvalue weighted by molar-refractivity contribution is 5.55. The van der Waals surface area contributed by atoms with Gasteiger partial charge in [-0.2, -0.15) is 0 Å². The van der Waals surface area contributed by atoms with Crippen LogP contribution in [-0.4, -0.2) is 4.68 Å². The first-order chi connectivity index (χ1) is 9.37. The summed E-state index contributed by atoms with van der Waals surface area (Å²) in [6.07, 6.45) is 10.5. The molecule has 0 unspecified atom stereocenters. The van der Waals surface area contributed by atoms with Gasteiger partial charge in [0, 0.05) is 23.5 Å². The summed E-state index contributed by atoms with van der Waals surface area (Å²) < 4.78 is 4.85. The summed E-state index contributed by atoms with van der Waals surface area (Å²) in [5.41, 5.74) is 6.65. The second-order valence-corrected chi connectivity index (χ2v) is 6.55. The predicted octanol–water partition coefficient (Wildman–Crippen LogP) is 2.88. The van der Waals surface area contributed by atoms with Crippen molar-refractivity contribution in [2.75, 3.05) is 0 Å². The van der Waals surface area contributed by atoms with Gasteiger partial charge in [-0.3, -0.25) is 0 Å². The van der Waals surface area contributed by atoms with Crippen LogP contribution < -0.4 is 4.68 Å². The molecule has 1 aliphatic carbocycles. The van der Waals surface area contributed by atoms with Crippen LogP contribution in [0.2, 0.25) is 0 Å². The maximum absolute atomic E-state index is 2.48. The van der Waals surface area contributed by atoms with Crippen molar-refractivity contribution in [2.45, 2.75) is 50.5 Å². The minimum atomic E-state index is 0.445. The lowest BCUT2D eigenvalue weighted by Gasteiger charge is -2.40. The van der Waals surface area contributed by atoms with Crippen LogP contribution in [0.15, 0.2) is 30.5 Å². The summed E-state index contributed by atoms with van der Waals surface area (Å²) in [6, 6.07) is 9.34. The van der Waals surface area contributed by atoms with Gasteiger partial charge in [0.15, 0.2) is 12.7 Å². The zero-order valence-electron chi connectivity index (χ0n) is 11.2. The molecule has 3 heterocycles. The van der Waals surface area contributed by atoms with Crippen LogP contribution in [-0.2, 0) is 18.4 Å². The fraction of sp³-hybridized carbons (Fsp3) is 0.471. The van der Waals surface area contributed by atoms with Gasteiger partial charge in [-0.25, -0.2) is 0 Å². The van der Waals surface area contributed by atoms with Gasteiger partial charge in [0.05, 0.1) is 5.69 Å². The smallest absolute Gasteiger partial charge is 0.124 e. The molecule has 2 heteroatoms. The van der Waals surface area contributed by atoms with E-state index in [1.54, 1.807) is 5.56 Å². The minimum absolute atomic E-state index is 0.445. The Bertz CT molecular complexity index is 675. The molecule has 0 atom stereocenters. The maximum atomic E-state index is 2.48. The third-order valence-corrected chi connectivity index (χ3v) is 5.53. The van der Waals surface area contributed by atoms with Gasteiger partial charge in [0.1, 0.15) is 5.69 Å². The SMILES string of the molecule is c1cc2c3c(c1)C1(CCCCC1)Cc1cc[n+](n1-3)C2. The highest BCUT2D eigenvalue weighted by Crippen LogP contribution is 2.48. The number of aromatic nitrogens is 2. The highest BCUT2D eigenvalue weighted by Gasteiger charge is 2.45. The fourth-order valence-electron chi connectivity index (χ4n) is 4.69. The standard InChI is InChI=1S/C17H19N2/c1-2-8-17(9-3-1)11-14-7-10-18-12-13-5-4-6-15(17)16(13)19(14)18/h4-7,10H,1-3,8-9,11-12H2/q+1. The van der Waals surface area contributed by atoms with Crippen LogP contribution in [0.3, 0.4) is 0 Å². The Morgan fingerprint density at radius 1 is 1.05 bits per heavy atom. The molecular formula is C17H19N2+. The van der Waals surface area contributed by atoms with Crippen LogP contribution >= 0.6 is 0 Å². The topological polar surface area (TPSA) is 8.81 Å². The molecule has 1 saturated carbocycles. The molecule has 1 fully saturated rings. The molecule has 0 bridgehead atoms. The predicted molar refractivity (Wildman–Crippen MR) is 73.5 cm³/mol. The van der Waals surface area contributed by atoms with E-state index in [9.17, 15) is 0 Å². The van der Waals surface area contributed by atoms with Crippen LogP contribution in [0.4, 0.5) is 0 Å². The van der Waals surface area contributed by atoms with Crippen LogP contribution in [0, 0.1) is 0 Å². The van der Waals surface area contributed by atoms with Gasteiger partial charge >= 0.3 is 0 Å². The molecule has 1 spiro atoms. The van der Waals surface area contributed by atoms with Crippen molar-refractivity contribution in [3.63, 3.8) is 0 Å². The molecule has 0 amide bonds. The Hall–Kier alpha value is -1.57. The number of hydrogen-bond acceptors (Lipinski definition) is 0. The Labute approximate surface area is 113 Å². The Morgan fingerprint density at radius 3 is 2.84 bits per heavy atom. The summed E-state index contributed by atoms with van der Waals surface area (Å²) in [6.45, 7) is 1.05. The number of rotatable bonds is 0. The first kappa shape index (κ1) is 10.2. The summed E-state index contributed by atoms with van der Waals surface area (Å²) in [5.74, 6) is 0. The molecule has 0 radical (unpaired) electrons. The van der Waals surface area contributed by atoms with Gasteiger partial charge in [-0.15, -0.1) is 9.36 Å². The van der Waals surface area contributed by atoms with E-state index in [-0.39, 0.29) is 0 Å². The highest BCUT2D eigenvalue weighted by atomic mass is 15.4. The average molecular weight is 251 g/mol. The van der Waals surface area contributed by atoms with Crippen molar-refractivity contribution in [1.29, 1.82) is 0 Å². The third kappa shape index (κ3) is 1.15. The minimum Gasteiger partial charge on any atom is -0.124 e. The molecule has 0 N–H and O–H groups in total. The first-order valence-electron chi connectivity index (χ1n) is 7.61. The molecule has 2 nitrogen and oxygen atoms in total. The van der Waals surface area contributed by atoms with Crippen molar-refractivity contribution < 1.29 is 4.68 Å². The van der Waals surface area contributed by atoms with E-state index in [2.05, 4.69) is 39.8 Å². The van der Waals surface area contributed by atoms with E-state index < -0.39 is 0 Å². The molecule has 1 aromatic carbocycles. The van der Waals surface area contributed by atoms with Crippen LogP contribution in [0.1, 0.15) is 48.9 Å². The summed E-state index contributed by atoms with van der Waals surface area (Å²) in [5, 5.41) is 0. The molecule has 5 rings (SSSR count). The van der Waals surface area contributed by atoms with Gasteiger partial charge < -0.3 is 0 Å². The second-order valence-electron chi connectivity index (χ2n) is 6.55. The molecule has 19 heavy (non-hydrogen) atoms. The molecule has 1 aromatic heterocycles. The summed E-state index contributed by atoms with van der Waals surface area (Å²) in [4.78, 5) is 0. The largest absolute Gasteiger partial charge is 0.200 e. The maximum Gasteiger partial charge on any atom is 0.200 e. The molecular weight excluding hydrogens is 232 g/mol. The Balaban J connectivity index is 1.83. The molecule has 0 saturated heterocycles. The van der Waals surface area contributed by atoms with Gasteiger partial charge in [-0.1, -0.05) is 37.5 Å². The molecule has 2 aromatic rings. The lowest BCUT2D eigenvalue weighted by Crippen LogP contribution is -2.42. The third-order valence-electron chi connectivity index (χ3n) is 5.53. The Morgan fingerprint density at radius 2 is 1.95 bits per heavy atom. The molecule has 96 valence electrons. The zero-order valence-corrected chi connectivity index (χ0v) is 11.2. The molecule has 3 aliphatic rings. The quantitative estimate of drug-likeness (QED) is 0.543. The van der Waals surface area contributed by atoms with E-state index in [4.69, 9.17) is 0 Å². The van der Waals surface area contributed by atoms with Crippen molar-refractivity contribution in [1.82, 2.24) is 4.68 Å². The van der Waals surface area contributed by atoms with E-state index in [0.717, 1.165) is 6.54 Å². The number of benzene rings is 1. The van der Waals surface area contributed by atoms with Gasteiger partial charge in [-0.05, 0) is 18.4 Å². The van der Waals surface area contributed by atoms with E-state index in [0.29, 0.717) is 5.41 Å². The lowest BCUT2D eigenvalue weighted by molar-refractivity contribution is -0.752. The van der Waals surface area contributed by atoms with E-state index in [1.807, 2.05) is 0 Å². The van der Waals surface area contributed by atoms with Crippen molar-refractivity contribution in [3.05, 3.63) is 47.3 Å². The number of nitrogens with zero attached hydrogens (tertiary/aromatic N) is 2. The van der Waals surface area contributed by atoms with E-state index >= 15 is 0 Å². The summed E-state index contributed by atoms with van der Waals surface area (Å²) in [7, 11) is 0. The zero-order chi connectivity index (χ0) is 12.4. The lowest BCUT2D eigenvalue weighted by atomic mass is 9.65. The monoisotopic (exact) mass is 251 g/mol. The van der Waals surface area contributed by atoms with Crippen molar-refractivity contribution in [2.24, 2.45) is 0 Å². The van der Waals surface area contributed by atoms with E-state index in [1.165, 1.54) is 55.5 Å². The number of para-hydroxylation sites is 1. The van der Waals surface area contributed by atoms with Gasteiger partial charge in [0.2, 0.25) is 0 Å². The fourth-order valence-corrected chi connectivity index (χ4v) is 4.69. The van der Waals surface area contributed by atoms with Crippen LogP contribution in [0.5, 0.6) is 0 Å². The van der Waals surface area contributed by atoms with Gasteiger partial charge in [0.25, 0.3) is 0 Å². The van der Waals surface area contributed by atoms with Crippen molar-refractivity contribution in [3.8, 4) is 5.69 Å². The summed E-state index contributed by atoms with van der Waals surface area (Å²) >= 11 is 0. The molecule has 2 aliphatic heterocycles. The second kappa shape index (κ2) is 3.30. The Kier molecular flexibility index (Phi) is 1.78. The average Bonchev–Trinajstić information content (AvgIpc) is 2.99. The number of hydrogen-bond donors (Lipinski definition) is 0.